The van der Waals surface area contributed by atoms with Crippen LogP contribution in [0, 0.1) is 17.5 Å². The predicted molar refractivity (Wildman–Crippen MR) is 97.0 cm³/mol. The largest absolute Gasteiger partial charge is 0.451 e. The first-order chi connectivity index (χ1) is 14.2. The molecular formula is C18H17F3N4O5. The predicted octanol–water partition coefficient (Wildman–Crippen LogP) is 0.982. The smallest absolute Gasteiger partial charge is 0.359 e. The Morgan fingerprint density at radius 3 is 2.50 bits per heavy atom. The quantitative estimate of drug-likeness (QED) is 0.480. The van der Waals surface area contributed by atoms with Gasteiger partial charge >= 0.3 is 5.97 Å². The van der Waals surface area contributed by atoms with E-state index >= 15 is 0 Å². The molecule has 0 bridgehead atoms. The van der Waals surface area contributed by atoms with E-state index in [1.165, 1.54) is 0 Å². The van der Waals surface area contributed by atoms with E-state index in [-0.39, 0.29) is 5.69 Å². The van der Waals surface area contributed by atoms with Crippen LogP contribution >= 0.6 is 0 Å². The van der Waals surface area contributed by atoms with Crippen LogP contribution in [-0.2, 0) is 20.9 Å². The summed E-state index contributed by atoms with van der Waals surface area (Å²) in [6, 6.07) is 3.74. The third kappa shape index (κ3) is 5.90. The van der Waals surface area contributed by atoms with Crippen molar-refractivity contribution < 1.29 is 32.3 Å². The Kier molecular flexibility index (Phi) is 7.67. The van der Waals surface area contributed by atoms with E-state index in [1.54, 1.807) is 0 Å². The minimum Gasteiger partial charge on any atom is -0.451 e. The molecule has 1 aromatic heterocycles. The average molecular weight is 426 g/mol. The number of nitrogens with zero attached hydrogens (tertiary/aromatic N) is 2. The van der Waals surface area contributed by atoms with Crippen LogP contribution in [0.1, 0.15) is 23.8 Å². The SMILES string of the molecule is CCCn1nc(C(=O)OCC(=O)NCC(=O)Nc2ccc(F)c(F)c2F)ccc1=O. The fraction of sp³-hybridized carbons (Fsp3) is 0.278. The molecule has 0 atom stereocenters. The van der Waals surface area contributed by atoms with Gasteiger partial charge in [0.15, 0.2) is 29.8 Å². The second-order valence-corrected chi connectivity index (χ2v) is 5.90. The van der Waals surface area contributed by atoms with Crippen molar-refractivity contribution in [2.45, 2.75) is 19.9 Å². The van der Waals surface area contributed by atoms with Crippen LogP contribution in [0.2, 0.25) is 0 Å². The summed E-state index contributed by atoms with van der Waals surface area (Å²) < 4.78 is 45.3. The van der Waals surface area contributed by atoms with Crippen LogP contribution < -0.4 is 16.2 Å². The molecule has 2 rings (SSSR count). The molecule has 0 saturated carbocycles. The molecule has 2 aromatic rings. The van der Waals surface area contributed by atoms with Gasteiger partial charge in [0.2, 0.25) is 5.91 Å². The summed E-state index contributed by atoms with van der Waals surface area (Å²) in [5, 5.41) is 7.89. The van der Waals surface area contributed by atoms with Crippen LogP contribution in [0.15, 0.2) is 29.1 Å². The molecule has 30 heavy (non-hydrogen) atoms. The minimum atomic E-state index is -1.75. The number of carbonyl (C=O) groups is 3. The van der Waals surface area contributed by atoms with E-state index in [0.717, 1.165) is 22.9 Å². The number of anilines is 1. The van der Waals surface area contributed by atoms with Crippen molar-refractivity contribution in [2.24, 2.45) is 0 Å². The summed E-state index contributed by atoms with van der Waals surface area (Å²) in [6.45, 7) is 0.726. The van der Waals surface area contributed by atoms with Gasteiger partial charge in [-0.2, -0.15) is 5.10 Å². The Balaban J connectivity index is 1.83. The first kappa shape index (κ1) is 22.6. The van der Waals surface area contributed by atoms with Crippen molar-refractivity contribution in [3.8, 4) is 0 Å². The van der Waals surface area contributed by atoms with E-state index in [1.807, 2.05) is 12.2 Å². The second-order valence-electron chi connectivity index (χ2n) is 5.90. The molecule has 160 valence electrons. The second kappa shape index (κ2) is 10.2. The van der Waals surface area contributed by atoms with Crippen LogP contribution in [0.3, 0.4) is 0 Å². The summed E-state index contributed by atoms with van der Waals surface area (Å²) in [4.78, 5) is 46.9. The standard InChI is InChI=1S/C18H17F3N4O5/c1-2-7-25-15(28)6-5-12(24-25)18(29)30-9-14(27)22-8-13(26)23-11-4-3-10(19)16(20)17(11)21/h3-6H,2,7-9H2,1H3,(H,22,27)(H,23,26). The lowest BCUT2D eigenvalue weighted by atomic mass is 10.2. The maximum atomic E-state index is 13.5. The molecule has 0 spiro atoms. The number of carbonyl (C=O) groups excluding carboxylic acids is 3. The van der Waals surface area contributed by atoms with Gasteiger partial charge in [0.1, 0.15) is 0 Å². The highest BCUT2D eigenvalue weighted by Gasteiger charge is 2.17. The van der Waals surface area contributed by atoms with Crippen molar-refractivity contribution in [1.82, 2.24) is 15.1 Å². The first-order valence-electron chi connectivity index (χ1n) is 8.68. The fourth-order valence-electron chi connectivity index (χ4n) is 2.18. The molecule has 0 unspecified atom stereocenters. The van der Waals surface area contributed by atoms with Crippen LogP contribution in [0.5, 0.6) is 0 Å². The summed E-state index contributed by atoms with van der Waals surface area (Å²) in [5.41, 5.74) is -1.18. The Labute approximate surface area is 167 Å². The van der Waals surface area contributed by atoms with Crippen LogP contribution in [0.25, 0.3) is 0 Å². The van der Waals surface area contributed by atoms with Gasteiger partial charge in [-0.3, -0.25) is 14.4 Å². The summed E-state index contributed by atoms with van der Waals surface area (Å²) in [5.74, 6) is -7.48. The van der Waals surface area contributed by atoms with Crippen LogP contribution in [-0.4, -0.2) is 40.7 Å². The van der Waals surface area contributed by atoms with Crippen molar-refractivity contribution in [2.75, 3.05) is 18.5 Å². The Bertz CT molecular complexity index is 1030. The van der Waals surface area contributed by atoms with E-state index < -0.39 is 59.6 Å². The highest BCUT2D eigenvalue weighted by molar-refractivity contribution is 5.95. The van der Waals surface area contributed by atoms with Gasteiger partial charge in [-0.15, -0.1) is 0 Å². The van der Waals surface area contributed by atoms with Crippen molar-refractivity contribution in [1.29, 1.82) is 0 Å². The van der Waals surface area contributed by atoms with Crippen LogP contribution in [0.4, 0.5) is 18.9 Å². The Hall–Kier alpha value is -3.70. The molecule has 0 aliphatic carbocycles. The maximum absolute atomic E-state index is 13.5. The minimum absolute atomic E-state index is 0.178. The summed E-state index contributed by atoms with van der Waals surface area (Å²) in [6.07, 6.45) is 0.615. The zero-order chi connectivity index (χ0) is 22.3. The van der Waals surface area contributed by atoms with Crippen molar-refractivity contribution in [3.05, 3.63) is 57.8 Å². The lowest BCUT2D eigenvalue weighted by molar-refractivity contribution is -0.126. The van der Waals surface area contributed by atoms with Gasteiger partial charge in [-0.1, -0.05) is 6.92 Å². The van der Waals surface area contributed by atoms with Gasteiger partial charge in [-0.05, 0) is 24.6 Å². The number of amides is 2. The number of hydrogen-bond donors (Lipinski definition) is 2. The third-order valence-electron chi connectivity index (χ3n) is 3.60. The lowest BCUT2D eigenvalue weighted by Gasteiger charge is -2.09. The molecule has 0 aliphatic heterocycles. The number of esters is 1. The number of hydrogen-bond acceptors (Lipinski definition) is 6. The Morgan fingerprint density at radius 1 is 1.07 bits per heavy atom. The number of ether oxygens (including phenoxy) is 1. The number of benzene rings is 1. The molecule has 0 radical (unpaired) electrons. The average Bonchev–Trinajstić information content (AvgIpc) is 2.72. The molecule has 1 heterocycles. The number of rotatable bonds is 8. The summed E-state index contributed by atoms with van der Waals surface area (Å²) >= 11 is 0. The van der Waals surface area contributed by atoms with Crippen molar-refractivity contribution in [3.63, 3.8) is 0 Å². The molecule has 0 fully saturated rings. The van der Waals surface area contributed by atoms with Gasteiger partial charge in [0.05, 0.1) is 12.2 Å². The molecule has 9 nitrogen and oxygen atoms in total. The van der Waals surface area contributed by atoms with Crippen molar-refractivity contribution >= 4 is 23.5 Å². The van der Waals surface area contributed by atoms with Gasteiger partial charge in [0, 0.05) is 12.6 Å². The molecule has 1 aromatic carbocycles. The fourth-order valence-corrected chi connectivity index (χ4v) is 2.18. The summed E-state index contributed by atoms with van der Waals surface area (Å²) in [7, 11) is 0. The van der Waals surface area contributed by atoms with E-state index in [4.69, 9.17) is 4.74 Å². The zero-order valence-electron chi connectivity index (χ0n) is 15.7. The molecule has 2 amide bonds. The molecule has 12 heteroatoms. The van der Waals surface area contributed by atoms with E-state index in [2.05, 4.69) is 10.4 Å². The highest BCUT2D eigenvalue weighted by Crippen LogP contribution is 2.19. The highest BCUT2D eigenvalue weighted by atomic mass is 19.2. The van der Waals surface area contributed by atoms with E-state index in [9.17, 15) is 32.3 Å². The monoisotopic (exact) mass is 426 g/mol. The normalized spacial score (nSPS) is 10.4. The van der Waals surface area contributed by atoms with E-state index in [0.29, 0.717) is 19.0 Å². The number of aryl methyl sites for hydroxylation is 1. The number of aromatic nitrogens is 2. The zero-order valence-corrected chi connectivity index (χ0v) is 15.7. The van der Waals surface area contributed by atoms with Gasteiger partial charge in [-0.25, -0.2) is 22.6 Å². The first-order valence-corrected chi connectivity index (χ1v) is 8.68. The molecule has 0 saturated heterocycles. The Morgan fingerprint density at radius 2 is 1.80 bits per heavy atom. The molecule has 2 N–H and O–H groups in total. The third-order valence-corrected chi connectivity index (χ3v) is 3.60. The van der Waals surface area contributed by atoms with Gasteiger partial charge in [0.25, 0.3) is 11.5 Å². The number of nitrogens with one attached hydrogen (secondary N) is 2. The lowest BCUT2D eigenvalue weighted by Crippen LogP contribution is -2.36. The topological polar surface area (TPSA) is 119 Å². The molecule has 0 aliphatic rings. The molecular weight excluding hydrogens is 409 g/mol. The number of halogens is 3. The maximum Gasteiger partial charge on any atom is 0.359 e. The van der Waals surface area contributed by atoms with Gasteiger partial charge < -0.3 is 15.4 Å².